The van der Waals surface area contributed by atoms with Crippen molar-refractivity contribution in [3.05, 3.63) is 18.3 Å². The average Bonchev–Trinajstić information content (AvgIpc) is 2.84. The summed E-state index contributed by atoms with van der Waals surface area (Å²) in [6, 6.07) is 2.51. The van der Waals surface area contributed by atoms with Crippen molar-refractivity contribution in [3.63, 3.8) is 0 Å². The van der Waals surface area contributed by atoms with Gasteiger partial charge in [-0.3, -0.25) is 0 Å². The zero-order valence-corrected chi connectivity index (χ0v) is 11.5. The minimum Gasteiger partial charge on any atom is -0.468 e. The predicted molar refractivity (Wildman–Crippen MR) is 70.2 cm³/mol. The van der Waals surface area contributed by atoms with Gasteiger partial charge in [-0.1, -0.05) is 6.92 Å². The minimum atomic E-state index is -4.40. The first-order chi connectivity index (χ1) is 9.83. The second-order valence-electron chi connectivity index (χ2n) is 5.06. The molecule has 1 aliphatic heterocycles. The number of nitrogens with zero attached hydrogens (tertiary/aromatic N) is 2. The number of rotatable bonds is 3. The second kappa shape index (κ2) is 6.19. The van der Waals surface area contributed by atoms with Gasteiger partial charge >= 0.3 is 12.2 Å². The number of pyridine rings is 1. The lowest BCUT2D eigenvalue weighted by atomic mass is 10.2. The average molecular weight is 303 g/mol. The molecule has 1 saturated heterocycles. The summed E-state index contributed by atoms with van der Waals surface area (Å²) in [7, 11) is 0. The molecule has 2 rings (SSSR count). The number of halogens is 3. The number of carbonyl (C=O) groups excluding carboxylic acids is 1. The van der Waals surface area contributed by atoms with Crippen molar-refractivity contribution in [3.8, 4) is 5.88 Å². The number of alkyl halides is 3. The van der Waals surface area contributed by atoms with E-state index in [1.54, 1.807) is 4.90 Å². The summed E-state index contributed by atoms with van der Waals surface area (Å²) in [6.07, 6.45) is -2.17. The van der Waals surface area contributed by atoms with E-state index >= 15 is 0 Å². The summed E-state index contributed by atoms with van der Waals surface area (Å²) in [5.41, 5.74) is 0.416. The van der Waals surface area contributed by atoms with Crippen LogP contribution in [0.2, 0.25) is 0 Å². The second-order valence-corrected chi connectivity index (χ2v) is 5.06. The Morgan fingerprint density at radius 1 is 1.52 bits per heavy atom. The number of carbonyl (C=O) groups is 1. The number of urea groups is 1. The van der Waals surface area contributed by atoms with Crippen molar-refractivity contribution < 1.29 is 22.7 Å². The molecule has 0 aliphatic carbocycles. The maximum atomic E-state index is 12.0. The number of ether oxygens (including phenoxy) is 1. The summed E-state index contributed by atoms with van der Waals surface area (Å²) in [5, 5.41) is 2.65. The fourth-order valence-corrected chi connectivity index (χ4v) is 2.02. The van der Waals surface area contributed by atoms with Crippen molar-refractivity contribution in [1.29, 1.82) is 0 Å². The molecule has 0 aromatic carbocycles. The highest BCUT2D eigenvalue weighted by Crippen LogP contribution is 2.19. The van der Waals surface area contributed by atoms with Gasteiger partial charge in [0.05, 0.1) is 11.9 Å². The van der Waals surface area contributed by atoms with E-state index in [0.29, 0.717) is 24.7 Å². The van der Waals surface area contributed by atoms with Crippen LogP contribution in [0, 0.1) is 5.92 Å². The van der Waals surface area contributed by atoms with Crippen molar-refractivity contribution in [2.24, 2.45) is 5.92 Å². The van der Waals surface area contributed by atoms with Crippen LogP contribution in [0.25, 0.3) is 0 Å². The van der Waals surface area contributed by atoms with E-state index in [4.69, 9.17) is 0 Å². The third-order valence-electron chi connectivity index (χ3n) is 3.08. The standard InChI is InChI=1S/C13H16F3N3O2/c1-9-4-5-19(7-9)12(20)18-10-2-3-11(17-6-10)21-8-13(14,15)16/h2-3,6,9H,4-5,7-8H2,1H3,(H,18,20)/t9-/m1/s1. The fraction of sp³-hybridized carbons (Fsp3) is 0.538. The number of likely N-dealkylation sites (tertiary alicyclic amines) is 1. The molecule has 2 heterocycles. The molecule has 0 spiro atoms. The number of hydrogen-bond donors (Lipinski definition) is 1. The van der Waals surface area contributed by atoms with Crippen LogP contribution < -0.4 is 10.1 Å². The topological polar surface area (TPSA) is 54.5 Å². The number of nitrogens with one attached hydrogen (secondary N) is 1. The minimum absolute atomic E-state index is 0.139. The molecule has 21 heavy (non-hydrogen) atoms. The van der Waals surface area contributed by atoms with E-state index in [9.17, 15) is 18.0 Å². The Labute approximate surface area is 120 Å². The SMILES string of the molecule is C[C@@H]1CCN(C(=O)Nc2ccc(OCC(F)(F)F)nc2)C1. The molecule has 1 N–H and O–H groups in total. The molecule has 0 bridgehead atoms. The molecule has 1 aromatic rings. The number of anilines is 1. The highest BCUT2D eigenvalue weighted by Gasteiger charge is 2.28. The molecule has 1 aromatic heterocycles. The van der Waals surface area contributed by atoms with Crippen LogP contribution in [-0.4, -0.2) is 41.8 Å². The predicted octanol–water partition coefficient (Wildman–Crippen LogP) is 2.90. The van der Waals surface area contributed by atoms with Crippen LogP contribution >= 0.6 is 0 Å². The van der Waals surface area contributed by atoms with Crippen LogP contribution in [0.3, 0.4) is 0 Å². The quantitative estimate of drug-likeness (QED) is 0.934. The van der Waals surface area contributed by atoms with Crippen LogP contribution in [0.1, 0.15) is 13.3 Å². The summed E-state index contributed by atoms with van der Waals surface area (Å²) < 4.78 is 40.4. The smallest absolute Gasteiger partial charge is 0.422 e. The van der Waals surface area contributed by atoms with Crippen molar-refractivity contribution in [2.75, 3.05) is 25.0 Å². The number of hydrogen-bond acceptors (Lipinski definition) is 3. The Morgan fingerprint density at radius 3 is 2.81 bits per heavy atom. The Morgan fingerprint density at radius 2 is 2.29 bits per heavy atom. The number of amides is 2. The molecule has 8 heteroatoms. The third kappa shape index (κ3) is 4.80. The molecule has 1 aliphatic rings. The van der Waals surface area contributed by atoms with Gasteiger partial charge in [0.1, 0.15) is 0 Å². The van der Waals surface area contributed by atoms with E-state index in [1.165, 1.54) is 18.3 Å². The normalized spacial score (nSPS) is 18.7. The van der Waals surface area contributed by atoms with Gasteiger partial charge in [-0.05, 0) is 18.4 Å². The Bertz CT molecular complexity index is 490. The molecule has 1 fully saturated rings. The van der Waals surface area contributed by atoms with E-state index in [1.807, 2.05) is 0 Å². The van der Waals surface area contributed by atoms with Gasteiger partial charge < -0.3 is 15.0 Å². The molecule has 0 radical (unpaired) electrons. The first-order valence-corrected chi connectivity index (χ1v) is 6.55. The lowest BCUT2D eigenvalue weighted by molar-refractivity contribution is -0.154. The van der Waals surface area contributed by atoms with Gasteiger partial charge in [-0.25, -0.2) is 9.78 Å². The first kappa shape index (κ1) is 15.4. The van der Waals surface area contributed by atoms with Gasteiger partial charge in [-0.2, -0.15) is 13.2 Å². The largest absolute Gasteiger partial charge is 0.468 e. The fourth-order valence-electron chi connectivity index (χ4n) is 2.02. The third-order valence-corrected chi connectivity index (χ3v) is 3.08. The summed E-state index contributed by atoms with van der Waals surface area (Å²) in [6.45, 7) is 2.08. The van der Waals surface area contributed by atoms with E-state index in [-0.39, 0.29) is 11.9 Å². The number of aromatic nitrogens is 1. The molecule has 5 nitrogen and oxygen atoms in total. The molecule has 2 amide bonds. The lowest BCUT2D eigenvalue weighted by Gasteiger charge is -2.16. The van der Waals surface area contributed by atoms with E-state index in [2.05, 4.69) is 22.0 Å². The molecular formula is C13H16F3N3O2. The monoisotopic (exact) mass is 303 g/mol. The van der Waals surface area contributed by atoms with Gasteiger partial charge in [-0.15, -0.1) is 0 Å². The zero-order valence-electron chi connectivity index (χ0n) is 11.5. The summed E-state index contributed by atoms with van der Waals surface area (Å²) in [5.74, 6) is 0.340. The molecule has 1 atom stereocenters. The summed E-state index contributed by atoms with van der Waals surface area (Å²) in [4.78, 5) is 17.3. The van der Waals surface area contributed by atoms with Crippen molar-refractivity contribution >= 4 is 11.7 Å². The van der Waals surface area contributed by atoms with Gasteiger partial charge in [0.15, 0.2) is 6.61 Å². The maximum absolute atomic E-state index is 12.0. The zero-order chi connectivity index (χ0) is 15.5. The van der Waals surface area contributed by atoms with E-state index < -0.39 is 12.8 Å². The highest BCUT2D eigenvalue weighted by atomic mass is 19.4. The molecule has 0 unspecified atom stereocenters. The first-order valence-electron chi connectivity index (χ1n) is 6.55. The Hall–Kier alpha value is -1.99. The van der Waals surface area contributed by atoms with Gasteiger partial charge in [0, 0.05) is 19.2 Å². The molecule has 116 valence electrons. The van der Waals surface area contributed by atoms with Crippen LogP contribution in [0.15, 0.2) is 18.3 Å². The van der Waals surface area contributed by atoms with Crippen LogP contribution in [0.5, 0.6) is 5.88 Å². The van der Waals surface area contributed by atoms with Crippen molar-refractivity contribution in [1.82, 2.24) is 9.88 Å². The maximum Gasteiger partial charge on any atom is 0.422 e. The molecule has 0 saturated carbocycles. The van der Waals surface area contributed by atoms with E-state index in [0.717, 1.165) is 6.42 Å². The molecular weight excluding hydrogens is 287 g/mol. The van der Waals surface area contributed by atoms with Crippen LogP contribution in [0.4, 0.5) is 23.7 Å². The van der Waals surface area contributed by atoms with Gasteiger partial charge in [0.25, 0.3) is 0 Å². The van der Waals surface area contributed by atoms with Crippen molar-refractivity contribution in [2.45, 2.75) is 19.5 Å². The lowest BCUT2D eigenvalue weighted by Crippen LogP contribution is -2.32. The van der Waals surface area contributed by atoms with Crippen LogP contribution in [-0.2, 0) is 0 Å². The Balaban J connectivity index is 1.86. The highest BCUT2D eigenvalue weighted by molar-refractivity contribution is 5.89. The summed E-state index contributed by atoms with van der Waals surface area (Å²) >= 11 is 0. The van der Waals surface area contributed by atoms with Gasteiger partial charge in [0.2, 0.25) is 5.88 Å². The Kier molecular flexibility index (Phi) is 4.54.